The van der Waals surface area contributed by atoms with Gasteiger partial charge in [0.15, 0.2) is 18.4 Å². The second-order valence-corrected chi connectivity index (χ2v) is 11.7. The number of H-pyrrole nitrogens is 1. The molecule has 222 valence electrons. The number of nitrogens with one attached hydrogen (secondary N) is 1. The second-order valence-electron chi connectivity index (χ2n) is 11.7. The van der Waals surface area contributed by atoms with Crippen molar-refractivity contribution >= 4 is 0 Å². The molecule has 39 heavy (non-hydrogen) atoms. The lowest BCUT2D eigenvalue weighted by Gasteiger charge is -2.32. The van der Waals surface area contributed by atoms with Gasteiger partial charge in [0.2, 0.25) is 0 Å². The van der Waals surface area contributed by atoms with Crippen LogP contribution in [0, 0.1) is 11.8 Å². The van der Waals surface area contributed by atoms with Crippen molar-refractivity contribution in [1.82, 2.24) is 20.6 Å². The average Bonchev–Trinajstić information content (AvgIpc) is 3.58. The summed E-state index contributed by atoms with van der Waals surface area (Å²) in [4.78, 5) is 0. The minimum atomic E-state index is -0.353. The van der Waals surface area contributed by atoms with Gasteiger partial charge in [0.1, 0.15) is 0 Å². The lowest BCUT2D eigenvalue weighted by molar-refractivity contribution is -0.200. The van der Waals surface area contributed by atoms with E-state index >= 15 is 0 Å². The molecule has 7 atom stereocenters. The summed E-state index contributed by atoms with van der Waals surface area (Å²) < 4.78 is 24.9. The van der Waals surface area contributed by atoms with Crippen molar-refractivity contribution in [1.29, 1.82) is 0 Å². The van der Waals surface area contributed by atoms with Crippen molar-refractivity contribution in [2.45, 2.75) is 147 Å². The molecule has 0 spiro atoms. The average molecular weight is 549 g/mol. The summed E-state index contributed by atoms with van der Waals surface area (Å²) in [6.45, 7) is 3.83. The first-order valence-corrected chi connectivity index (χ1v) is 15.8. The van der Waals surface area contributed by atoms with Crippen LogP contribution in [0.25, 0.3) is 0 Å². The zero-order valence-corrected chi connectivity index (χ0v) is 24.1. The molecule has 0 radical (unpaired) electrons. The van der Waals surface area contributed by atoms with Crippen molar-refractivity contribution in [2.24, 2.45) is 11.8 Å². The van der Waals surface area contributed by atoms with Gasteiger partial charge in [-0.2, -0.15) is 5.21 Å². The number of nitrogens with zero attached hydrogens (tertiary/aromatic N) is 3. The van der Waals surface area contributed by atoms with Gasteiger partial charge in [-0.05, 0) is 88.9 Å². The molecule has 3 aliphatic rings. The molecule has 9 nitrogen and oxygen atoms in total. The fourth-order valence-corrected chi connectivity index (χ4v) is 6.40. The van der Waals surface area contributed by atoms with Gasteiger partial charge >= 0.3 is 0 Å². The normalized spacial score (nSPS) is 30.7. The number of ether oxygens (including phenoxy) is 4. The van der Waals surface area contributed by atoms with Crippen LogP contribution in [0.4, 0.5) is 0 Å². The first-order valence-electron chi connectivity index (χ1n) is 15.8. The molecule has 1 saturated carbocycles. The van der Waals surface area contributed by atoms with Crippen LogP contribution in [0.1, 0.15) is 115 Å². The maximum atomic E-state index is 11.2. The Balaban J connectivity index is 1.33. The van der Waals surface area contributed by atoms with Crippen LogP contribution in [-0.2, 0) is 25.4 Å². The van der Waals surface area contributed by atoms with E-state index in [1.807, 2.05) is 0 Å². The van der Waals surface area contributed by atoms with Crippen molar-refractivity contribution in [3.8, 4) is 0 Å². The summed E-state index contributed by atoms with van der Waals surface area (Å²) in [7, 11) is 0. The first-order chi connectivity index (χ1) is 19.2. The van der Waals surface area contributed by atoms with Gasteiger partial charge in [-0.15, -0.1) is 10.2 Å². The summed E-state index contributed by atoms with van der Waals surface area (Å²) in [5, 5.41) is 25.3. The van der Waals surface area contributed by atoms with E-state index in [9.17, 15) is 5.11 Å². The summed E-state index contributed by atoms with van der Waals surface area (Å²) >= 11 is 0. The molecule has 1 aliphatic carbocycles. The molecular weight excluding hydrogens is 496 g/mol. The number of allylic oxidation sites excluding steroid dienone is 2. The van der Waals surface area contributed by atoms with Crippen molar-refractivity contribution in [3.63, 3.8) is 0 Å². The maximum absolute atomic E-state index is 11.2. The Morgan fingerprint density at radius 1 is 1.00 bits per heavy atom. The van der Waals surface area contributed by atoms with E-state index in [1.165, 1.54) is 25.7 Å². The zero-order valence-electron chi connectivity index (χ0n) is 24.1. The molecule has 7 unspecified atom stereocenters. The van der Waals surface area contributed by atoms with Crippen molar-refractivity contribution in [3.05, 3.63) is 18.0 Å². The Kier molecular flexibility index (Phi) is 13.7. The fourth-order valence-electron chi connectivity index (χ4n) is 6.40. The van der Waals surface area contributed by atoms with Gasteiger partial charge in [-0.3, -0.25) is 0 Å². The van der Waals surface area contributed by atoms with Crippen LogP contribution in [0.3, 0.4) is 0 Å². The van der Waals surface area contributed by atoms with Crippen LogP contribution >= 0.6 is 0 Å². The number of rotatable bonds is 17. The minimum absolute atomic E-state index is 0.0296. The largest absolute Gasteiger partial charge is 0.393 e. The number of aliphatic hydroxyl groups is 1. The Morgan fingerprint density at radius 3 is 2.54 bits per heavy atom. The maximum Gasteiger partial charge on any atom is 0.174 e. The van der Waals surface area contributed by atoms with Gasteiger partial charge in [0.05, 0.1) is 18.3 Å². The number of aromatic amines is 1. The van der Waals surface area contributed by atoms with Crippen LogP contribution in [0.2, 0.25) is 0 Å². The number of aryl methyl sites for hydroxylation is 1. The standard InChI is InChI=1S/C30H52N4O5/c1-2-3-6-13-23(38-29-16-9-11-20-36-29)18-19-25-24(14-7-4-5-8-15-28-31-33-34-32-28)26(35)22-27(25)39-30-17-10-12-21-37-30/h4,7,23-27,29-30,35H,2-3,5-6,8-22H2,1H3,(H,31,32,33,34)/b7-4-. The Morgan fingerprint density at radius 2 is 1.82 bits per heavy atom. The summed E-state index contributed by atoms with van der Waals surface area (Å²) in [5.41, 5.74) is 0. The molecule has 1 aromatic heterocycles. The van der Waals surface area contributed by atoms with Crippen LogP contribution < -0.4 is 0 Å². The Hall–Kier alpha value is -1.39. The molecule has 0 bridgehead atoms. The predicted octanol–water partition coefficient (Wildman–Crippen LogP) is 5.65. The van der Waals surface area contributed by atoms with E-state index in [0.29, 0.717) is 12.3 Å². The topological polar surface area (TPSA) is 112 Å². The van der Waals surface area contributed by atoms with E-state index in [1.54, 1.807) is 0 Å². The molecule has 1 aromatic rings. The summed E-state index contributed by atoms with van der Waals surface area (Å²) in [5.74, 6) is 1.24. The molecule has 4 rings (SSSR count). The smallest absolute Gasteiger partial charge is 0.174 e. The van der Waals surface area contributed by atoms with E-state index in [4.69, 9.17) is 18.9 Å². The lowest BCUT2D eigenvalue weighted by Crippen LogP contribution is -2.33. The van der Waals surface area contributed by atoms with Crippen molar-refractivity contribution in [2.75, 3.05) is 13.2 Å². The van der Waals surface area contributed by atoms with Gasteiger partial charge in [0, 0.05) is 26.1 Å². The lowest BCUT2D eigenvalue weighted by atomic mass is 9.85. The quantitative estimate of drug-likeness (QED) is 0.190. The third kappa shape index (κ3) is 10.5. The molecule has 0 amide bonds. The summed E-state index contributed by atoms with van der Waals surface area (Å²) in [6.07, 6.45) is 21.7. The number of hydrogen-bond donors (Lipinski definition) is 2. The number of tetrazole rings is 1. The third-order valence-electron chi connectivity index (χ3n) is 8.63. The molecule has 9 heteroatoms. The van der Waals surface area contributed by atoms with E-state index < -0.39 is 0 Å². The molecule has 2 aliphatic heterocycles. The van der Waals surface area contributed by atoms with Crippen LogP contribution in [-0.4, -0.2) is 69.8 Å². The number of hydrogen-bond acceptors (Lipinski definition) is 8. The number of aromatic nitrogens is 4. The van der Waals surface area contributed by atoms with Crippen LogP contribution in [0.15, 0.2) is 12.2 Å². The highest BCUT2D eigenvalue weighted by molar-refractivity contribution is 4.97. The highest BCUT2D eigenvalue weighted by atomic mass is 16.7. The first kappa shape index (κ1) is 30.6. The van der Waals surface area contributed by atoms with E-state index in [2.05, 4.69) is 39.7 Å². The van der Waals surface area contributed by atoms with E-state index in [0.717, 1.165) is 96.1 Å². The molecule has 3 heterocycles. The molecular formula is C30H52N4O5. The van der Waals surface area contributed by atoms with Gasteiger partial charge < -0.3 is 24.1 Å². The Labute approximate surface area is 234 Å². The molecule has 2 saturated heterocycles. The predicted molar refractivity (Wildman–Crippen MR) is 149 cm³/mol. The monoisotopic (exact) mass is 548 g/mol. The highest BCUT2D eigenvalue weighted by Gasteiger charge is 2.43. The summed E-state index contributed by atoms with van der Waals surface area (Å²) in [6, 6.07) is 0. The minimum Gasteiger partial charge on any atom is -0.393 e. The molecule has 0 aromatic carbocycles. The van der Waals surface area contributed by atoms with Gasteiger partial charge in [-0.1, -0.05) is 43.6 Å². The van der Waals surface area contributed by atoms with E-state index in [-0.39, 0.29) is 36.8 Å². The van der Waals surface area contributed by atoms with Gasteiger partial charge in [-0.25, -0.2) is 0 Å². The molecule has 3 fully saturated rings. The third-order valence-corrected chi connectivity index (χ3v) is 8.63. The zero-order chi connectivity index (χ0) is 27.1. The SMILES string of the molecule is CCCCCC(CCC1C(OC2CCCCO2)CC(O)C1C/C=C\CCCc1nn[nH]n1)OC1CCCCO1. The van der Waals surface area contributed by atoms with Crippen LogP contribution in [0.5, 0.6) is 0 Å². The Bertz CT molecular complexity index is 782. The highest BCUT2D eigenvalue weighted by Crippen LogP contribution is 2.41. The number of unbranched alkanes of at least 4 members (excludes halogenated alkanes) is 3. The van der Waals surface area contributed by atoms with Crippen molar-refractivity contribution < 1.29 is 24.1 Å². The van der Waals surface area contributed by atoms with Gasteiger partial charge in [0.25, 0.3) is 0 Å². The second kappa shape index (κ2) is 17.4. The fraction of sp³-hybridized carbons (Fsp3) is 0.900. The number of aliphatic hydroxyl groups excluding tert-OH is 1. The molecule has 2 N–H and O–H groups in total.